The summed E-state index contributed by atoms with van der Waals surface area (Å²) in [6.45, 7) is 2.18. The van der Waals surface area contributed by atoms with Crippen LogP contribution in [0.25, 0.3) is 11.3 Å². The molecule has 2 aromatic rings. The highest BCUT2D eigenvalue weighted by Gasteiger charge is 2.38. The predicted octanol–water partition coefficient (Wildman–Crippen LogP) is 5.22. The lowest BCUT2D eigenvalue weighted by Gasteiger charge is -2.34. The topological polar surface area (TPSA) is 44.1 Å². The number of hydrogen-bond donors (Lipinski definition) is 0. The lowest BCUT2D eigenvalue weighted by molar-refractivity contribution is -0.144. The molecule has 1 aliphatic heterocycles. The summed E-state index contributed by atoms with van der Waals surface area (Å²) in [5.74, 6) is -0.227. The van der Waals surface area contributed by atoms with Crippen LogP contribution in [0.2, 0.25) is 0 Å². The highest BCUT2D eigenvalue weighted by Crippen LogP contribution is 2.46. The summed E-state index contributed by atoms with van der Waals surface area (Å²) in [7, 11) is 0. The molecule has 1 aromatic carbocycles. The van der Waals surface area contributed by atoms with E-state index in [1.54, 1.807) is 25.5 Å². The number of benzene rings is 1. The second-order valence-corrected chi connectivity index (χ2v) is 8.05. The van der Waals surface area contributed by atoms with E-state index in [2.05, 4.69) is 4.98 Å². The number of carbonyl (C=O) groups excluding carboxylic acids is 1. The number of halogens is 2. The monoisotopic (exact) mass is 388 g/mol. The first-order valence-corrected chi connectivity index (χ1v) is 10.2. The van der Waals surface area contributed by atoms with Gasteiger partial charge in [-0.15, -0.1) is 0 Å². The number of ether oxygens (including phenoxy) is 1. The Labute approximate surface area is 163 Å². The van der Waals surface area contributed by atoms with E-state index in [1.165, 1.54) is 6.07 Å². The van der Waals surface area contributed by atoms with E-state index < -0.39 is 5.67 Å². The third-order valence-electron chi connectivity index (χ3n) is 6.29. The van der Waals surface area contributed by atoms with Crippen molar-refractivity contribution in [2.75, 3.05) is 6.61 Å². The SMILES string of the molecule is CCOC(=O)CC1CCC(F)(CCC2c3c(F)cccc3-c3cncn32)CC1. The molecule has 0 radical (unpaired) electrons. The molecule has 4 nitrogen and oxygen atoms in total. The molecule has 4 rings (SSSR count). The smallest absolute Gasteiger partial charge is 0.306 e. The standard InChI is InChI=1S/C22H26F2N2O2/c1-2-28-20(27)12-15-6-9-22(24,10-7-15)11-8-18-21-16(4-3-5-17(21)23)19-13-25-14-26(18)19/h3-5,13-15,18H,2,6-12H2,1H3. The van der Waals surface area contributed by atoms with Crippen molar-refractivity contribution in [2.24, 2.45) is 5.92 Å². The summed E-state index contributed by atoms with van der Waals surface area (Å²) >= 11 is 0. The van der Waals surface area contributed by atoms with Crippen LogP contribution in [0.3, 0.4) is 0 Å². The molecule has 6 heteroatoms. The molecule has 0 N–H and O–H groups in total. The third-order valence-corrected chi connectivity index (χ3v) is 6.29. The molecular weight excluding hydrogens is 362 g/mol. The zero-order valence-electron chi connectivity index (χ0n) is 16.2. The van der Waals surface area contributed by atoms with Gasteiger partial charge in [0.25, 0.3) is 0 Å². The maximum absolute atomic E-state index is 15.4. The molecule has 1 unspecified atom stereocenters. The van der Waals surface area contributed by atoms with Gasteiger partial charge >= 0.3 is 5.97 Å². The quantitative estimate of drug-likeness (QED) is 0.637. The van der Waals surface area contributed by atoms with Crippen LogP contribution in [0.15, 0.2) is 30.7 Å². The maximum atomic E-state index is 15.4. The van der Waals surface area contributed by atoms with Crippen molar-refractivity contribution < 1.29 is 18.3 Å². The molecule has 1 fully saturated rings. The minimum absolute atomic E-state index is 0.190. The van der Waals surface area contributed by atoms with E-state index in [9.17, 15) is 9.18 Å². The van der Waals surface area contributed by atoms with Gasteiger partial charge in [-0.1, -0.05) is 12.1 Å². The van der Waals surface area contributed by atoms with Gasteiger partial charge in [-0.3, -0.25) is 4.79 Å². The van der Waals surface area contributed by atoms with Crippen LogP contribution in [0.5, 0.6) is 0 Å². The van der Waals surface area contributed by atoms with Crippen molar-refractivity contribution in [1.29, 1.82) is 0 Å². The molecular formula is C22H26F2N2O2. The lowest BCUT2D eigenvalue weighted by atomic mass is 9.76. The fraction of sp³-hybridized carbons (Fsp3) is 0.545. The van der Waals surface area contributed by atoms with Crippen molar-refractivity contribution in [1.82, 2.24) is 9.55 Å². The van der Waals surface area contributed by atoms with Gasteiger partial charge in [-0.2, -0.15) is 0 Å². The average molecular weight is 388 g/mol. The number of nitrogens with zero attached hydrogens (tertiary/aromatic N) is 2. The second-order valence-electron chi connectivity index (χ2n) is 8.05. The Morgan fingerprint density at radius 2 is 2.14 bits per heavy atom. The number of fused-ring (bicyclic) bond motifs is 3. The summed E-state index contributed by atoms with van der Waals surface area (Å²) in [4.78, 5) is 15.8. The Kier molecular flexibility index (Phi) is 5.21. The van der Waals surface area contributed by atoms with Gasteiger partial charge in [-0.05, 0) is 57.4 Å². The molecule has 28 heavy (non-hydrogen) atoms. The number of carbonyl (C=O) groups is 1. The third kappa shape index (κ3) is 3.56. The molecule has 1 atom stereocenters. The maximum Gasteiger partial charge on any atom is 0.306 e. The van der Waals surface area contributed by atoms with Gasteiger partial charge in [0.05, 0.1) is 30.9 Å². The molecule has 0 bridgehead atoms. The highest BCUT2D eigenvalue weighted by atomic mass is 19.1. The number of imidazole rings is 1. The van der Waals surface area contributed by atoms with E-state index in [4.69, 9.17) is 4.74 Å². The molecule has 2 aliphatic rings. The van der Waals surface area contributed by atoms with Gasteiger partial charge in [0.2, 0.25) is 0 Å². The number of aromatic nitrogens is 2. The number of rotatable bonds is 6. The molecule has 1 aromatic heterocycles. The average Bonchev–Trinajstić information content (AvgIpc) is 3.25. The van der Waals surface area contributed by atoms with Crippen LogP contribution >= 0.6 is 0 Å². The zero-order chi connectivity index (χ0) is 19.7. The van der Waals surface area contributed by atoms with Gasteiger partial charge < -0.3 is 9.30 Å². The highest BCUT2D eigenvalue weighted by molar-refractivity contribution is 5.70. The molecule has 1 saturated carbocycles. The molecule has 2 heterocycles. The Morgan fingerprint density at radius 3 is 2.89 bits per heavy atom. The summed E-state index contributed by atoms with van der Waals surface area (Å²) in [6, 6.07) is 4.86. The van der Waals surface area contributed by atoms with Gasteiger partial charge in [-0.25, -0.2) is 13.8 Å². The largest absolute Gasteiger partial charge is 0.466 e. The second kappa shape index (κ2) is 7.64. The van der Waals surface area contributed by atoms with E-state index in [0.717, 1.165) is 11.3 Å². The van der Waals surface area contributed by atoms with E-state index >= 15 is 4.39 Å². The van der Waals surface area contributed by atoms with Crippen LogP contribution in [0.1, 0.15) is 63.5 Å². The van der Waals surface area contributed by atoms with Crippen LogP contribution in [-0.4, -0.2) is 27.8 Å². The minimum Gasteiger partial charge on any atom is -0.466 e. The van der Waals surface area contributed by atoms with Gasteiger partial charge in [0.15, 0.2) is 0 Å². The van der Waals surface area contributed by atoms with Crippen LogP contribution in [0, 0.1) is 11.7 Å². The summed E-state index contributed by atoms with van der Waals surface area (Å²) in [6.07, 6.45) is 7.04. The normalized spacial score (nSPS) is 26.0. The zero-order valence-corrected chi connectivity index (χ0v) is 16.2. The van der Waals surface area contributed by atoms with Gasteiger partial charge in [0, 0.05) is 17.5 Å². The van der Waals surface area contributed by atoms with Gasteiger partial charge in [0.1, 0.15) is 11.5 Å². The molecule has 0 spiro atoms. The van der Waals surface area contributed by atoms with Crippen molar-refractivity contribution in [3.05, 3.63) is 42.1 Å². The Balaban J connectivity index is 1.40. The van der Waals surface area contributed by atoms with E-state index in [1.807, 2.05) is 10.6 Å². The van der Waals surface area contributed by atoms with Crippen molar-refractivity contribution >= 4 is 5.97 Å². The molecule has 150 valence electrons. The van der Waals surface area contributed by atoms with E-state index in [-0.39, 0.29) is 23.7 Å². The summed E-state index contributed by atoms with van der Waals surface area (Å²) < 4.78 is 36.9. The number of hydrogen-bond acceptors (Lipinski definition) is 3. The lowest BCUT2D eigenvalue weighted by Crippen LogP contribution is -2.31. The predicted molar refractivity (Wildman–Crippen MR) is 102 cm³/mol. The first-order valence-electron chi connectivity index (χ1n) is 10.2. The number of alkyl halides is 1. The van der Waals surface area contributed by atoms with E-state index in [0.29, 0.717) is 57.1 Å². The molecule has 0 amide bonds. The Hall–Kier alpha value is -2.24. The first kappa shape index (κ1) is 19.1. The minimum atomic E-state index is -1.25. The van der Waals surface area contributed by atoms with Crippen LogP contribution in [-0.2, 0) is 9.53 Å². The summed E-state index contributed by atoms with van der Waals surface area (Å²) in [5.41, 5.74) is 1.15. The number of esters is 1. The summed E-state index contributed by atoms with van der Waals surface area (Å²) in [5, 5.41) is 0. The van der Waals surface area contributed by atoms with Crippen molar-refractivity contribution in [3.8, 4) is 11.3 Å². The van der Waals surface area contributed by atoms with Crippen LogP contribution < -0.4 is 0 Å². The Morgan fingerprint density at radius 1 is 1.36 bits per heavy atom. The van der Waals surface area contributed by atoms with Crippen molar-refractivity contribution in [2.45, 2.75) is 63.6 Å². The fourth-order valence-corrected chi connectivity index (χ4v) is 4.78. The first-order chi connectivity index (χ1) is 13.5. The molecule has 1 aliphatic carbocycles. The molecule has 0 saturated heterocycles. The Bertz CT molecular complexity index is 856. The fourth-order valence-electron chi connectivity index (χ4n) is 4.78. The van der Waals surface area contributed by atoms with Crippen molar-refractivity contribution in [3.63, 3.8) is 0 Å². The van der Waals surface area contributed by atoms with Crippen LogP contribution in [0.4, 0.5) is 8.78 Å².